The van der Waals surface area contributed by atoms with Crippen LogP contribution in [0.4, 0.5) is 26.3 Å². The number of hydrogen-bond donors (Lipinski definition) is 6. The van der Waals surface area contributed by atoms with Crippen molar-refractivity contribution in [3.05, 3.63) is 66.1 Å². The maximum Gasteiger partial charge on any atom is 0.490 e. The van der Waals surface area contributed by atoms with Crippen molar-refractivity contribution < 1.29 is 55.7 Å². The number of carboxylic acid groups (broad SMARTS) is 2. The molecule has 240 valence electrons. The first-order valence-electron chi connectivity index (χ1n) is 12.8. The third-order valence-corrected chi connectivity index (χ3v) is 6.07. The number of nitrogens with zero attached hydrogens (tertiary/aromatic N) is 1. The van der Waals surface area contributed by atoms with E-state index >= 15 is 0 Å². The van der Waals surface area contributed by atoms with Crippen LogP contribution in [-0.4, -0.2) is 74.9 Å². The lowest BCUT2D eigenvalue weighted by Gasteiger charge is -2.17. The maximum atomic E-state index is 12.6. The van der Waals surface area contributed by atoms with Crippen LogP contribution in [0.5, 0.6) is 0 Å². The molecule has 2 aromatic heterocycles. The van der Waals surface area contributed by atoms with Gasteiger partial charge in [0.25, 0.3) is 0 Å². The molecule has 1 aliphatic rings. The Hall–Kier alpha value is -4.67. The zero-order chi connectivity index (χ0) is 33.1. The Balaban J connectivity index is 0.000000402. The Morgan fingerprint density at radius 1 is 1.00 bits per heavy atom. The normalized spacial score (nSPS) is 16.9. The van der Waals surface area contributed by atoms with Gasteiger partial charge in [-0.05, 0) is 49.9 Å². The average molecular weight is 634 g/mol. The van der Waals surface area contributed by atoms with Gasteiger partial charge in [-0.3, -0.25) is 14.6 Å². The molecule has 0 unspecified atom stereocenters. The molecule has 3 heterocycles. The van der Waals surface area contributed by atoms with Crippen LogP contribution in [0.15, 0.2) is 54.9 Å². The number of hydrogen-bond acceptors (Lipinski definition) is 6. The van der Waals surface area contributed by atoms with Crippen LogP contribution < -0.4 is 16.0 Å². The number of carbonyl (C=O) groups excluding carboxylic acids is 2. The van der Waals surface area contributed by atoms with Crippen molar-refractivity contribution in [2.24, 2.45) is 5.92 Å². The monoisotopic (exact) mass is 633 g/mol. The second-order valence-corrected chi connectivity index (χ2v) is 9.56. The standard InChI is InChI=1S/C23H27N5O2.2C2HF3O2/c1-15(22(29)26-14-19-11-18-13-24-8-7-20(18)28-19)27-23(30)21-10-17(12-25-21)9-16-5-3-2-4-6-16;2*3-2(4,5)1(6)7/h2-8,11,13,15,17,21,25,28H,9-10,12,14H2,1H3,(H,26,29)(H,27,30);2*(H,6,7)/t15-,17-,21+;;/m0../s1. The van der Waals surface area contributed by atoms with Crippen LogP contribution in [-0.2, 0) is 32.1 Å². The number of benzene rings is 1. The highest BCUT2D eigenvalue weighted by Crippen LogP contribution is 2.19. The summed E-state index contributed by atoms with van der Waals surface area (Å²) in [5.74, 6) is -5.42. The molecule has 0 aliphatic carbocycles. The van der Waals surface area contributed by atoms with Crippen molar-refractivity contribution >= 4 is 34.7 Å². The van der Waals surface area contributed by atoms with Crippen LogP contribution in [0.2, 0.25) is 0 Å². The molecular weight excluding hydrogens is 604 g/mol. The largest absolute Gasteiger partial charge is 0.490 e. The number of H-pyrrole nitrogens is 1. The summed E-state index contributed by atoms with van der Waals surface area (Å²) in [7, 11) is 0. The van der Waals surface area contributed by atoms with Gasteiger partial charge in [0, 0.05) is 29.0 Å². The number of alkyl halides is 6. The van der Waals surface area contributed by atoms with Gasteiger partial charge in [-0.15, -0.1) is 0 Å². The van der Waals surface area contributed by atoms with Gasteiger partial charge in [0.15, 0.2) is 0 Å². The number of carboxylic acids is 2. The highest BCUT2D eigenvalue weighted by molar-refractivity contribution is 5.89. The molecule has 11 nitrogen and oxygen atoms in total. The number of amides is 2. The van der Waals surface area contributed by atoms with E-state index in [9.17, 15) is 35.9 Å². The molecule has 3 atom stereocenters. The Morgan fingerprint density at radius 3 is 2.14 bits per heavy atom. The zero-order valence-electron chi connectivity index (χ0n) is 23.0. The fraction of sp³-hybridized carbons (Fsp3) is 0.370. The van der Waals surface area contributed by atoms with E-state index in [0.29, 0.717) is 12.5 Å². The number of aromatic amines is 1. The number of fused-ring (bicyclic) bond motifs is 1. The third kappa shape index (κ3) is 11.9. The van der Waals surface area contributed by atoms with E-state index in [2.05, 4.69) is 38.1 Å². The Bertz CT molecular complexity index is 1360. The molecule has 1 fully saturated rings. The number of halogens is 6. The number of pyridine rings is 1. The smallest absolute Gasteiger partial charge is 0.475 e. The summed E-state index contributed by atoms with van der Waals surface area (Å²) in [5.41, 5.74) is 3.16. The fourth-order valence-electron chi connectivity index (χ4n) is 3.95. The van der Waals surface area contributed by atoms with Crippen LogP contribution in [0.25, 0.3) is 10.9 Å². The van der Waals surface area contributed by atoms with E-state index in [1.54, 1.807) is 19.3 Å². The van der Waals surface area contributed by atoms with E-state index < -0.39 is 30.3 Å². The third-order valence-electron chi connectivity index (χ3n) is 6.07. The van der Waals surface area contributed by atoms with Crippen LogP contribution in [0, 0.1) is 5.92 Å². The first-order valence-corrected chi connectivity index (χ1v) is 12.8. The van der Waals surface area contributed by atoms with Crippen molar-refractivity contribution in [3.63, 3.8) is 0 Å². The average Bonchev–Trinajstić information content (AvgIpc) is 3.59. The number of rotatable bonds is 7. The maximum absolute atomic E-state index is 12.6. The number of carbonyl (C=O) groups is 4. The second kappa shape index (κ2) is 15.7. The highest BCUT2D eigenvalue weighted by atomic mass is 19.4. The predicted molar refractivity (Wildman–Crippen MR) is 143 cm³/mol. The van der Waals surface area contributed by atoms with E-state index in [1.165, 1.54) is 5.56 Å². The Labute approximate surface area is 246 Å². The fourth-order valence-corrected chi connectivity index (χ4v) is 3.95. The molecule has 17 heteroatoms. The Morgan fingerprint density at radius 2 is 1.59 bits per heavy atom. The molecule has 4 rings (SSSR count). The molecule has 1 aliphatic heterocycles. The molecule has 0 saturated carbocycles. The predicted octanol–water partition coefficient (Wildman–Crippen LogP) is 3.17. The SMILES string of the molecule is C[C@H](NC(=O)[C@H]1C[C@H](Cc2ccccc2)CN1)C(=O)NCc1cc2cnccc2[nH]1.O=C(O)C(F)(F)F.O=C(O)C(F)(F)F. The molecule has 0 bridgehead atoms. The van der Waals surface area contributed by atoms with Crippen LogP contribution >= 0.6 is 0 Å². The van der Waals surface area contributed by atoms with Gasteiger partial charge in [0.2, 0.25) is 11.8 Å². The minimum absolute atomic E-state index is 0.120. The van der Waals surface area contributed by atoms with E-state index in [-0.39, 0.29) is 17.9 Å². The minimum Gasteiger partial charge on any atom is -0.475 e. The first kappa shape index (κ1) is 35.5. The molecule has 6 N–H and O–H groups in total. The van der Waals surface area contributed by atoms with Crippen LogP contribution in [0.1, 0.15) is 24.6 Å². The summed E-state index contributed by atoms with van der Waals surface area (Å²) in [5, 5.41) is 24.2. The topological polar surface area (TPSA) is 174 Å². The summed E-state index contributed by atoms with van der Waals surface area (Å²) in [6.07, 6.45) is -4.94. The van der Waals surface area contributed by atoms with E-state index in [4.69, 9.17) is 19.8 Å². The van der Waals surface area contributed by atoms with Gasteiger partial charge in [-0.1, -0.05) is 30.3 Å². The molecule has 2 amide bonds. The van der Waals surface area contributed by atoms with E-state index in [1.807, 2.05) is 30.3 Å². The molecule has 1 aromatic carbocycles. The van der Waals surface area contributed by atoms with Crippen molar-refractivity contribution in [2.45, 2.75) is 50.7 Å². The van der Waals surface area contributed by atoms with E-state index in [0.717, 1.165) is 36.0 Å². The summed E-state index contributed by atoms with van der Waals surface area (Å²) in [6.45, 7) is 2.89. The Kier molecular flexibility index (Phi) is 12.7. The minimum atomic E-state index is -5.08. The van der Waals surface area contributed by atoms with Crippen molar-refractivity contribution in [3.8, 4) is 0 Å². The quantitative estimate of drug-likeness (QED) is 0.215. The summed E-state index contributed by atoms with van der Waals surface area (Å²) < 4.78 is 63.5. The van der Waals surface area contributed by atoms with Gasteiger partial charge in [0.05, 0.1) is 12.6 Å². The van der Waals surface area contributed by atoms with Gasteiger partial charge in [0.1, 0.15) is 6.04 Å². The van der Waals surface area contributed by atoms with Gasteiger partial charge in [-0.25, -0.2) is 9.59 Å². The van der Waals surface area contributed by atoms with Crippen molar-refractivity contribution in [2.75, 3.05) is 6.54 Å². The molecule has 3 aromatic rings. The summed E-state index contributed by atoms with van der Waals surface area (Å²) in [6, 6.07) is 13.3. The summed E-state index contributed by atoms with van der Waals surface area (Å²) in [4.78, 5) is 50.1. The lowest BCUT2D eigenvalue weighted by Crippen LogP contribution is -2.49. The molecule has 0 spiro atoms. The molecule has 1 saturated heterocycles. The lowest BCUT2D eigenvalue weighted by molar-refractivity contribution is -0.193. The number of aliphatic carboxylic acids is 2. The van der Waals surface area contributed by atoms with Gasteiger partial charge < -0.3 is 31.1 Å². The molecule has 44 heavy (non-hydrogen) atoms. The van der Waals surface area contributed by atoms with Crippen molar-refractivity contribution in [1.29, 1.82) is 0 Å². The highest BCUT2D eigenvalue weighted by Gasteiger charge is 2.39. The lowest BCUT2D eigenvalue weighted by atomic mass is 9.96. The molecular formula is C27H29F6N5O6. The van der Waals surface area contributed by atoms with Crippen molar-refractivity contribution in [1.82, 2.24) is 25.9 Å². The molecule has 0 radical (unpaired) electrons. The number of nitrogens with one attached hydrogen (secondary N) is 4. The van der Waals surface area contributed by atoms with Crippen LogP contribution in [0.3, 0.4) is 0 Å². The van der Waals surface area contributed by atoms with Gasteiger partial charge in [-0.2, -0.15) is 26.3 Å². The first-order chi connectivity index (χ1) is 20.5. The second-order valence-electron chi connectivity index (χ2n) is 9.56. The van der Waals surface area contributed by atoms with Gasteiger partial charge >= 0.3 is 24.3 Å². The summed E-state index contributed by atoms with van der Waals surface area (Å²) >= 11 is 0. The number of aromatic nitrogens is 2. The zero-order valence-corrected chi connectivity index (χ0v) is 23.0.